The molecule has 2 fully saturated rings. The summed E-state index contributed by atoms with van der Waals surface area (Å²) in [4.78, 5) is 27.2. The topological polar surface area (TPSA) is 64.4 Å². The maximum Gasteiger partial charge on any atom is 0.260 e. The third-order valence-electron chi connectivity index (χ3n) is 5.88. The van der Waals surface area contributed by atoms with Gasteiger partial charge in [0.1, 0.15) is 5.92 Å². The SMILES string of the molecule is N#CC1(C2C(=O)N(c3ccccc3)N(c3ccccc3)C2=O)CCCCCC1. The molecule has 5 nitrogen and oxygen atoms in total. The number of para-hydroxylation sites is 2. The third-order valence-corrected chi connectivity index (χ3v) is 5.88. The van der Waals surface area contributed by atoms with Crippen LogP contribution in [-0.4, -0.2) is 11.8 Å². The van der Waals surface area contributed by atoms with Gasteiger partial charge >= 0.3 is 0 Å². The molecule has 28 heavy (non-hydrogen) atoms. The molecule has 0 N–H and O–H groups in total. The molecule has 2 aliphatic rings. The highest BCUT2D eigenvalue weighted by molar-refractivity contribution is 6.23. The second-order valence-electron chi connectivity index (χ2n) is 7.59. The van der Waals surface area contributed by atoms with Gasteiger partial charge < -0.3 is 0 Å². The summed E-state index contributed by atoms with van der Waals surface area (Å²) in [5.41, 5.74) is 0.337. The highest BCUT2D eigenvalue weighted by Gasteiger charge is 2.57. The number of carbonyl (C=O) groups is 2. The number of rotatable bonds is 3. The fraction of sp³-hybridized carbons (Fsp3) is 0.348. The van der Waals surface area contributed by atoms with Gasteiger partial charge in [0.15, 0.2) is 0 Å². The molecule has 0 spiro atoms. The summed E-state index contributed by atoms with van der Waals surface area (Å²) in [7, 11) is 0. The van der Waals surface area contributed by atoms with Crippen molar-refractivity contribution >= 4 is 23.2 Å². The lowest BCUT2D eigenvalue weighted by molar-refractivity contribution is -0.131. The second kappa shape index (κ2) is 7.47. The summed E-state index contributed by atoms with van der Waals surface area (Å²) in [6, 6.07) is 20.8. The van der Waals surface area contributed by atoms with Gasteiger partial charge in [-0.2, -0.15) is 5.26 Å². The van der Waals surface area contributed by atoms with Crippen LogP contribution >= 0.6 is 0 Å². The summed E-state index contributed by atoms with van der Waals surface area (Å²) in [5, 5.41) is 13.0. The molecule has 2 amide bonds. The largest absolute Gasteiger partial charge is 0.272 e. The molecule has 1 aliphatic carbocycles. The minimum atomic E-state index is -0.962. The van der Waals surface area contributed by atoms with Gasteiger partial charge in [0, 0.05) is 0 Å². The van der Waals surface area contributed by atoms with E-state index in [1.54, 1.807) is 0 Å². The first-order valence-corrected chi connectivity index (χ1v) is 9.87. The fourth-order valence-electron chi connectivity index (χ4n) is 4.47. The third kappa shape index (κ3) is 2.95. The molecule has 5 heteroatoms. The standard InChI is InChI=1S/C23H23N3O2/c24-17-23(15-9-1-2-10-16-23)20-21(27)25(18-11-5-3-6-12-18)26(22(20)28)19-13-7-4-8-14-19/h3-8,11-14,20H,1-2,9-10,15-16H2. The lowest BCUT2D eigenvalue weighted by Crippen LogP contribution is -2.41. The predicted molar refractivity (Wildman–Crippen MR) is 107 cm³/mol. The van der Waals surface area contributed by atoms with Crippen molar-refractivity contribution in [1.29, 1.82) is 5.26 Å². The van der Waals surface area contributed by atoms with E-state index in [2.05, 4.69) is 6.07 Å². The van der Waals surface area contributed by atoms with Crippen molar-refractivity contribution in [3.05, 3.63) is 60.7 Å². The quantitative estimate of drug-likeness (QED) is 0.589. The molecule has 1 saturated carbocycles. The van der Waals surface area contributed by atoms with Crippen LogP contribution < -0.4 is 10.0 Å². The lowest BCUT2D eigenvalue weighted by atomic mass is 9.70. The molecule has 1 saturated heterocycles. The van der Waals surface area contributed by atoms with Gasteiger partial charge in [-0.15, -0.1) is 0 Å². The van der Waals surface area contributed by atoms with Gasteiger partial charge in [0.05, 0.1) is 22.9 Å². The molecule has 1 aliphatic heterocycles. The number of amides is 2. The molecule has 0 atom stereocenters. The van der Waals surface area contributed by atoms with Crippen molar-refractivity contribution in [2.24, 2.45) is 11.3 Å². The first-order chi connectivity index (χ1) is 13.7. The van der Waals surface area contributed by atoms with Crippen LogP contribution in [0.1, 0.15) is 38.5 Å². The van der Waals surface area contributed by atoms with Crippen molar-refractivity contribution in [2.45, 2.75) is 38.5 Å². The molecule has 0 bridgehead atoms. The fourth-order valence-corrected chi connectivity index (χ4v) is 4.47. The minimum Gasteiger partial charge on any atom is -0.272 e. The number of nitriles is 1. The van der Waals surface area contributed by atoms with Crippen molar-refractivity contribution in [3.8, 4) is 6.07 Å². The van der Waals surface area contributed by atoms with Crippen LogP contribution in [0.3, 0.4) is 0 Å². The Morgan fingerprint density at radius 1 is 0.750 bits per heavy atom. The summed E-state index contributed by atoms with van der Waals surface area (Å²) in [6.07, 6.45) is 5.03. The molecule has 2 aromatic rings. The Morgan fingerprint density at radius 2 is 1.18 bits per heavy atom. The molecule has 2 aromatic carbocycles. The van der Waals surface area contributed by atoms with E-state index in [0.717, 1.165) is 25.7 Å². The zero-order chi connectivity index (χ0) is 19.6. The first kappa shape index (κ1) is 18.2. The van der Waals surface area contributed by atoms with Crippen LogP contribution in [0.2, 0.25) is 0 Å². The van der Waals surface area contributed by atoms with E-state index in [1.807, 2.05) is 60.7 Å². The van der Waals surface area contributed by atoms with Gasteiger partial charge in [0.2, 0.25) is 0 Å². The zero-order valence-electron chi connectivity index (χ0n) is 15.8. The summed E-state index contributed by atoms with van der Waals surface area (Å²) >= 11 is 0. The Bertz CT molecular complexity index is 839. The van der Waals surface area contributed by atoms with Gasteiger partial charge in [-0.25, -0.2) is 10.0 Å². The number of anilines is 2. The maximum atomic E-state index is 13.6. The van der Waals surface area contributed by atoms with Crippen LogP contribution in [-0.2, 0) is 9.59 Å². The molecular weight excluding hydrogens is 350 g/mol. The lowest BCUT2D eigenvalue weighted by Gasteiger charge is -2.28. The normalized spacial score (nSPS) is 20.1. The molecule has 0 unspecified atom stereocenters. The highest BCUT2D eigenvalue weighted by atomic mass is 16.2. The van der Waals surface area contributed by atoms with E-state index in [0.29, 0.717) is 24.2 Å². The average molecular weight is 373 g/mol. The number of hydrogen-bond donors (Lipinski definition) is 0. The van der Waals surface area contributed by atoms with Crippen LogP contribution in [0.5, 0.6) is 0 Å². The number of hydrogen-bond acceptors (Lipinski definition) is 3. The van der Waals surface area contributed by atoms with Crippen LogP contribution in [0.15, 0.2) is 60.7 Å². The Balaban J connectivity index is 1.83. The van der Waals surface area contributed by atoms with Crippen molar-refractivity contribution in [3.63, 3.8) is 0 Å². The van der Waals surface area contributed by atoms with Gasteiger partial charge in [-0.1, -0.05) is 62.1 Å². The van der Waals surface area contributed by atoms with Gasteiger partial charge in [-0.05, 0) is 37.1 Å². The highest BCUT2D eigenvalue weighted by Crippen LogP contribution is 2.46. The van der Waals surface area contributed by atoms with Crippen molar-refractivity contribution in [2.75, 3.05) is 10.0 Å². The molecular formula is C23H23N3O2. The van der Waals surface area contributed by atoms with E-state index < -0.39 is 11.3 Å². The number of hydrazine groups is 1. The van der Waals surface area contributed by atoms with Crippen molar-refractivity contribution in [1.82, 2.24) is 0 Å². The smallest absolute Gasteiger partial charge is 0.260 e. The van der Waals surface area contributed by atoms with E-state index in [1.165, 1.54) is 10.0 Å². The summed E-state index contributed by atoms with van der Waals surface area (Å²) in [5.74, 6) is -1.57. The molecule has 1 heterocycles. The Kier molecular flexibility index (Phi) is 4.87. The zero-order valence-corrected chi connectivity index (χ0v) is 15.8. The van der Waals surface area contributed by atoms with Crippen LogP contribution in [0.25, 0.3) is 0 Å². The predicted octanol–water partition coefficient (Wildman–Crippen LogP) is 4.46. The first-order valence-electron chi connectivity index (χ1n) is 9.87. The van der Waals surface area contributed by atoms with E-state index in [9.17, 15) is 14.9 Å². The van der Waals surface area contributed by atoms with E-state index >= 15 is 0 Å². The average Bonchev–Trinajstić information content (AvgIpc) is 2.89. The number of nitrogens with zero attached hydrogens (tertiary/aromatic N) is 3. The van der Waals surface area contributed by atoms with E-state index in [4.69, 9.17) is 0 Å². The Labute approximate surface area is 165 Å². The summed E-state index contributed by atoms with van der Waals surface area (Å²) in [6.45, 7) is 0. The molecule has 4 rings (SSSR count). The van der Waals surface area contributed by atoms with Crippen LogP contribution in [0.4, 0.5) is 11.4 Å². The van der Waals surface area contributed by atoms with E-state index in [-0.39, 0.29) is 11.8 Å². The second-order valence-corrected chi connectivity index (χ2v) is 7.59. The maximum absolute atomic E-state index is 13.6. The molecule has 0 aromatic heterocycles. The van der Waals surface area contributed by atoms with Crippen molar-refractivity contribution < 1.29 is 9.59 Å². The monoisotopic (exact) mass is 373 g/mol. The number of benzene rings is 2. The molecule has 0 radical (unpaired) electrons. The molecule has 142 valence electrons. The van der Waals surface area contributed by atoms with Gasteiger partial charge in [0.25, 0.3) is 11.8 Å². The Morgan fingerprint density at radius 3 is 1.57 bits per heavy atom. The van der Waals surface area contributed by atoms with Crippen LogP contribution in [0, 0.1) is 22.7 Å². The number of carbonyl (C=O) groups excluding carboxylic acids is 2. The Hall–Kier alpha value is -3.13. The van der Waals surface area contributed by atoms with Gasteiger partial charge in [-0.3, -0.25) is 9.59 Å². The minimum absolute atomic E-state index is 0.302. The summed E-state index contributed by atoms with van der Waals surface area (Å²) < 4.78 is 0.